The zero-order valence-corrected chi connectivity index (χ0v) is 25.3. The maximum Gasteiger partial charge on any atom is 0.305 e. The minimum absolute atomic E-state index is 0.292. The molecule has 3 amide bonds. The highest BCUT2D eigenvalue weighted by Crippen LogP contribution is 2.54. The molecule has 6 rings (SSSR count). The number of thiazole rings is 1. The van der Waals surface area contributed by atoms with Crippen LogP contribution in [0.2, 0.25) is 5.02 Å². The number of aromatic amines is 1. The SMILES string of the molecule is Cc1ccc(NC(=O)COc2ccc(Cl)cc2[C@@H]2c3sc(=O)[nH]c3S[C@H]3C(=O)N(c4ccc(Br)cc4)C(=O)[C@@H]23)cc1. The fourth-order valence-corrected chi connectivity index (χ4v) is 8.02. The van der Waals surface area contributed by atoms with Gasteiger partial charge in [0.05, 0.1) is 16.6 Å². The Labute approximate surface area is 256 Å². The normalized spacial score (nSPS) is 19.6. The van der Waals surface area contributed by atoms with Crippen molar-refractivity contribution in [2.75, 3.05) is 16.8 Å². The second-order valence-corrected chi connectivity index (χ2v) is 13.1. The van der Waals surface area contributed by atoms with Crippen molar-refractivity contribution in [2.45, 2.75) is 23.1 Å². The highest BCUT2D eigenvalue weighted by atomic mass is 79.9. The van der Waals surface area contributed by atoms with Gasteiger partial charge in [0.2, 0.25) is 11.8 Å². The van der Waals surface area contributed by atoms with Crippen LogP contribution >= 0.6 is 50.6 Å². The predicted octanol–water partition coefficient (Wildman–Crippen LogP) is 5.97. The van der Waals surface area contributed by atoms with Crippen LogP contribution in [-0.4, -0.2) is 34.6 Å². The number of rotatable bonds is 6. The van der Waals surface area contributed by atoms with Crippen molar-refractivity contribution < 1.29 is 19.1 Å². The highest BCUT2D eigenvalue weighted by Gasteiger charge is 2.56. The molecule has 2 aliphatic rings. The predicted molar refractivity (Wildman–Crippen MR) is 163 cm³/mol. The van der Waals surface area contributed by atoms with Gasteiger partial charge in [0.15, 0.2) is 6.61 Å². The molecule has 0 unspecified atom stereocenters. The molecule has 3 atom stereocenters. The van der Waals surface area contributed by atoms with Gasteiger partial charge in [-0.05, 0) is 61.5 Å². The number of hydrogen-bond donors (Lipinski definition) is 2. The zero-order chi connectivity index (χ0) is 28.8. The molecule has 0 bridgehead atoms. The molecule has 2 aliphatic heterocycles. The summed E-state index contributed by atoms with van der Waals surface area (Å²) in [7, 11) is 0. The molecule has 0 radical (unpaired) electrons. The largest absolute Gasteiger partial charge is 0.483 e. The molecule has 1 aromatic heterocycles. The number of halogens is 2. The van der Waals surface area contributed by atoms with Crippen molar-refractivity contribution in [3.05, 3.63) is 102 Å². The Morgan fingerprint density at radius 1 is 1.05 bits per heavy atom. The van der Waals surface area contributed by atoms with E-state index in [9.17, 15) is 19.2 Å². The Bertz CT molecular complexity index is 1740. The first-order valence-electron chi connectivity index (χ1n) is 12.5. The summed E-state index contributed by atoms with van der Waals surface area (Å²) in [6, 6.07) is 19.3. The number of fused-ring (bicyclic) bond motifs is 2. The monoisotopic (exact) mass is 669 g/mol. The van der Waals surface area contributed by atoms with Crippen molar-refractivity contribution in [3.63, 3.8) is 0 Å². The minimum Gasteiger partial charge on any atom is -0.483 e. The topological polar surface area (TPSA) is 109 Å². The van der Waals surface area contributed by atoms with Gasteiger partial charge in [0.25, 0.3) is 5.91 Å². The summed E-state index contributed by atoms with van der Waals surface area (Å²) < 4.78 is 6.80. The van der Waals surface area contributed by atoms with E-state index in [1.165, 1.54) is 16.7 Å². The van der Waals surface area contributed by atoms with Gasteiger partial charge in [-0.15, -0.1) is 0 Å². The Morgan fingerprint density at radius 3 is 2.51 bits per heavy atom. The lowest BCUT2D eigenvalue weighted by Crippen LogP contribution is -2.32. The molecule has 0 aliphatic carbocycles. The van der Waals surface area contributed by atoms with E-state index in [1.54, 1.807) is 54.6 Å². The smallest absolute Gasteiger partial charge is 0.305 e. The van der Waals surface area contributed by atoms with E-state index in [0.29, 0.717) is 37.6 Å². The molecule has 1 fully saturated rings. The Morgan fingerprint density at radius 2 is 1.78 bits per heavy atom. The summed E-state index contributed by atoms with van der Waals surface area (Å²) in [5.41, 5.74) is 2.69. The number of nitrogens with zero attached hydrogens (tertiary/aromatic N) is 1. The summed E-state index contributed by atoms with van der Waals surface area (Å²) >= 11 is 12.0. The maximum atomic E-state index is 14.0. The Kier molecular flexibility index (Phi) is 7.54. The molecule has 12 heteroatoms. The molecule has 1 saturated heterocycles. The van der Waals surface area contributed by atoms with E-state index in [4.69, 9.17) is 16.3 Å². The number of benzene rings is 3. The molecule has 41 heavy (non-hydrogen) atoms. The number of carbonyl (C=O) groups is 3. The van der Waals surface area contributed by atoms with Gasteiger partial charge in [-0.2, -0.15) is 0 Å². The van der Waals surface area contributed by atoms with Crippen molar-refractivity contribution in [1.29, 1.82) is 0 Å². The third-order valence-electron chi connectivity index (χ3n) is 6.91. The third kappa shape index (κ3) is 5.34. The number of amides is 3. The summed E-state index contributed by atoms with van der Waals surface area (Å²) in [5, 5.41) is 2.95. The quantitative estimate of drug-likeness (QED) is 0.245. The lowest BCUT2D eigenvalue weighted by Gasteiger charge is -2.31. The maximum absolute atomic E-state index is 14.0. The van der Waals surface area contributed by atoms with Crippen LogP contribution in [0.25, 0.3) is 0 Å². The molecular weight excluding hydrogens is 650 g/mol. The average Bonchev–Trinajstić information content (AvgIpc) is 3.44. The van der Waals surface area contributed by atoms with Gasteiger partial charge in [-0.3, -0.25) is 19.2 Å². The van der Waals surface area contributed by atoms with Gasteiger partial charge < -0.3 is 15.0 Å². The summed E-state index contributed by atoms with van der Waals surface area (Å²) in [5.74, 6) is -2.31. The number of nitrogens with one attached hydrogen (secondary N) is 2. The fourth-order valence-electron chi connectivity index (χ4n) is 5.07. The molecule has 8 nitrogen and oxygen atoms in total. The van der Waals surface area contributed by atoms with E-state index in [-0.39, 0.29) is 29.2 Å². The number of carbonyl (C=O) groups excluding carboxylic acids is 3. The molecule has 0 spiro atoms. The standard InChI is InChI=1S/C29H21BrClN3O5S2/c1-14-2-7-17(8-3-14)32-21(35)13-39-20-11-6-16(31)12-19(20)22-23-25(40-26-24(22)41-29(38)33-26)28(37)34(27(23)36)18-9-4-15(30)5-10-18/h2-12,22-23,25H,13H2,1H3,(H,32,35)(H,33,38)/t22-,23-,25+/m0/s1. The first-order chi connectivity index (χ1) is 19.7. The van der Waals surface area contributed by atoms with Crippen LogP contribution < -0.4 is 19.8 Å². The Hall–Kier alpha value is -3.38. The van der Waals surface area contributed by atoms with E-state index in [0.717, 1.165) is 21.4 Å². The van der Waals surface area contributed by atoms with Crippen LogP contribution in [0, 0.1) is 12.8 Å². The second kappa shape index (κ2) is 11.1. The van der Waals surface area contributed by atoms with E-state index >= 15 is 0 Å². The molecule has 3 heterocycles. The molecular formula is C29H21BrClN3O5S2. The lowest BCUT2D eigenvalue weighted by atomic mass is 9.82. The number of H-pyrrole nitrogens is 1. The van der Waals surface area contributed by atoms with Crippen LogP contribution in [0.5, 0.6) is 5.75 Å². The van der Waals surface area contributed by atoms with E-state index in [2.05, 4.69) is 26.2 Å². The molecule has 4 aromatic rings. The summed E-state index contributed by atoms with van der Waals surface area (Å²) in [6.07, 6.45) is 0. The van der Waals surface area contributed by atoms with Crippen LogP contribution in [0.15, 0.2) is 81.0 Å². The van der Waals surface area contributed by atoms with E-state index < -0.39 is 17.1 Å². The van der Waals surface area contributed by atoms with Gasteiger partial charge in [0.1, 0.15) is 11.0 Å². The zero-order valence-electron chi connectivity index (χ0n) is 21.4. The first kappa shape index (κ1) is 27.8. The molecule has 0 saturated carbocycles. The number of hydrogen-bond acceptors (Lipinski definition) is 7. The lowest BCUT2D eigenvalue weighted by molar-refractivity contribution is -0.122. The van der Waals surface area contributed by atoms with Gasteiger partial charge >= 0.3 is 4.87 Å². The number of imide groups is 1. The number of aryl methyl sites for hydroxylation is 1. The molecule has 2 N–H and O–H groups in total. The van der Waals surface area contributed by atoms with Crippen molar-refractivity contribution in [1.82, 2.24) is 4.98 Å². The van der Waals surface area contributed by atoms with Gasteiger partial charge in [-0.1, -0.05) is 68.3 Å². The summed E-state index contributed by atoms with van der Waals surface area (Å²) in [6.45, 7) is 1.66. The van der Waals surface area contributed by atoms with Crippen molar-refractivity contribution in [2.24, 2.45) is 5.92 Å². The van der Waals surface area contributed by atoms with Crippen LogP contribution in [0.1, 0.15) is 21.9 Å². The van der Waals surface area contributed by atoms with Gasteiger partial charge in [0, 0.05) is 31.5 Å². The molecule has 208 valence electrons. The highest BCUT2D eigenvalue weighted by molar-refractivity contribution is 9.10. The number of ether oxygens (including phenoxy) is 1. The number of anilines is 2. The third-order valence-corrected chi connectivity index (χ3v) is 10.1. The second-order valence-electron chi connectivity index (χ2n) is 9.62. The van der Waals surface area contributed by atoms with Gasteiger partial charge in [-0.25, -0.2) is 4.90 Å². The van der Waals surface area contributed by atoms with Crippen LogP contribution in [0.3, 0.4) is 0 Å². The summed E-state index contributed by atoms with van der Waals surface area (Å²) in [4.78, 5) is 57.2. The number of thioether (sulfide) groups is 1. The molecule has 3 aromatic carbocycles. The van der Waals surface area contributed by atoms with Crippen LogP contribution in [-0.2, 0) is 14.4 Å². The first-order valence-corrected chi connectivity index (χ1v) is 15.4. The minimum atomic E-state index is -0.822. The fraction of sp³-hybridized carbons (Fsp3) is 0.172. The van der Waals surface area contributed by atoms with Crippen molar-refractivity contribution >= 4 is 79.7 Å². The van der Waals surface area contributed by atoms with E-state index in [1.807, 2.05) is 19.1 Å². The Balaban J connectivity index is 1.36. The van der Waals surface area contributed by atoms with Crippen molar-refractivity contribution in [3.8, 4) is 5.75 Å². The number of aromatic nitrogens is 1. The average molecular weight is 671 g/mol. The van der Waals surface area contributed by atoms with Crippen LogP contribution in [0.4, 0.5) is 11.4 Å².